The Morgan fingerprint density at radius 3 is 2.17 bits per heavy atom. The molecule has 1 aliphatic carbocycles. The van der Waals surface area contributed by atoms with Crippen LogP contribution in [0.3, 0.4) is 0 Å². The standard InChI is InChI=1S/C11H20O/c12-10-6-9-11-7-4-2-1-3-5-8-11/h10-11H,1-9H2. The molecule has 1 saturated carbocycles. The van der Waals surface area contributed by atoms with Gasteiger partial charge in [-0.1, -0.05) is 44.9 Å². The molecule has 1 nitrogen and oxygen atoms in total. The predicted octanol–water partition coefficient (Wildman–Crippen LogP) is 3.33. The number of hydrogen-bond acceptors (Lipinski definition) is 1. The molecule has 0 aromatic rings. The molecule has 1 aliphatic rings. The zero-order chi connectivity index (χ0) is 8.65. The average molecular weight is 168 g/mol. The summed E-state index contributed by atoms with van der Waals surface area (Å²) >= 11 is 0. The van der Waals surface area contributed by atoms with Gasteiger partial charge >= 0.3 is 0 Å². The monoisotopic (exact) mass is 168 g/mol. The number of rotatable bonds is 3. The van der Waals surface area contributed by atoms with Gasteiger partial charge in [0, 0.05) is 6.42 Å². The van der Waals surface area contributed by atoms with Crippen LogP contribution in [-0.4, -0.2) is 6.29 Å². The van der Waals surface area contributed by atoms with E-state index in [0.717, 1.165) is 25.0 Å². The van der Waals surface area contributed by atoms with Gasteiger partial charge in [-0.05, 0) is 12.3 Å². The van der Waals surface area contributed by atoms with Crippen LogP contribution < -0.4 is 0 Å². The fourth-order valence-electron chi connectivity index (χ4n) is 2.13. The van der Waals surface area contributed by atoms with Crippen LogP contribution in [0.1, 0.15) is 57.8 Å². The van der Waals surface area contributed by atoms with Gasteiger partial charge in [0.2, 0.25) is 0 Å². The molecule has 0 heterocycles. The van der Waals surface area contributed by atoms with E-state index in [9.17, 15) is 4.79 Å². The first-order valence-electron chi connectivity index (χ1n) is 5.37. The lowest BCUT2D eigenvalue weighted by Gasteiger charge is -2.18. The van der Waals surface area contributed by atoms with Crippen molar-refractivity contribution in [1.29, 1.82) is 0 Å². The van der Waals surface area contributed by atoms with Gasteiger partial charge in [-0.25, -0.2) is 0 Å². The Bertz CT molecular complexity index is 112. The molecule has 0 bridgehead atoms. The van der Waals surface area contributed by atoms with E-state index in [2.05, 4.69) is 0 Å². The molecule has 0 unspecified atom stereocenters. The van der Waals surface area contributed by atoms with Crippen LogP contribution >= 0.6 is 0 Å². The zero-order valence-corrected chi connectivity index (χ0v) is 7.93. The first-order chi connectivity index (χ1) is 5.93. The van der Waals surface area contributed by atoms with Gasteiger partial charge in [0.25, 0.3) is 0 Å². The molecule has 0 amide bonds. The van der Waals surface area contributed by atoms with Crippen LogP contribution in [0, 0.1) is 5.92 Å². The second-order valence-corrected chi connectivity index (χ2v) is 3.96. The van der Waals surface area contributed by atoms with Crippen molar-refractivity contribution >= 4 is 6.29 Å². The molecule has 0 N–H and O–H groups in total. The normalized spacial score (nSPS) is 21.3. The van der Waals surface area contributed by atoms with Crippen molar-refractivity contribution in [1.82, 2.24) is 0 Å². The lowest BCUT2D eigenvalue weighted by atomic mass is 9.88. The molecule has 1 rings (SSSR count). The maximum Gasteiger partial charge on any atom is 0.120 e. The summed E-state index contributed by atoms with van der Waals surface area (Å²) in [5.41, 5.74) is 0. The Hall–Kier alpha value is -0.330. The summed E-state index contributed by atoms with van der Waals surface area (Å²) in [4.78, 5) is 10.2. The van der Waals surface area contributed by atoms with Crippen LogP contribution in [0.4, 0.5) is 0 Å². The summed E-state index contributed by atoms with van der Waals surface area (Å²) in [6.07, 6.45) is 12.8. The Morgan fingerprint density at radius 2 is 1.58 bits per heavy atom. The fraction of sp³-hybridized carbons (Fsp3) is 0.909. The van der Waals surface area contributed by atoms with Crippen molar-refractivity contribution in [2.45, 2.75) is 57.8 Å². The number of hydrogen-bond donors (Lipinski definition) is 0. The summed E-state index contributed by atoms with van der Waals surface area (Å²) in [7, 11) is 0. The van der Waals surface area contributed by atoms with Crippen LogP contribution in [0.25, 0.3) is 0 Å². The van der Waals surface area contributed by atoms with E-state index >= 15 is 0 Å². The minimum absolute atomic E-state index is 0.782. The second-order valence-electron chi connectivity index (χ2n) is 3.96. The third-order valence-electron chi connectivity index (χ3n) is 2.92. The van der Waals surface area contributed by atoms with Gasteiger partial charge in [0.05, 0.1) is 0 Å². The van der Waals surface area contributed by atoms with Gasteiger partial charge < -0.3 is 4.79 Å². The third-order valence-corrected chi connectivity index (χ3v) is 2.92. The van der Waals surface area contributed by atoms with Crippen molar-refractivity contribution in [2.75, 3.05) is 0 Å². The molecule has 0 saturated heterocycles. The zero-order valence-electron chi connectivity index (χ0n) is 7.93. The maximum atomic E-state index is 10.2. The van der Waals surface area contributed by atoms with E-state index in [1.54, 1.807) is 0 Å². The molecule has 0 aromatic heterocycles. The Labute approximate surface area is 75.5 Å². The van der Waals surface area contributed by atoms with E-state index in [4.69, 9.17) is 0 Å². The summed E-state index contributed by atoms with van der Waals surface area (Å²) < 4.78 is 0. The predicted molar refractivity (Wildman–Crippen MR) is 51.1 cm³/mol. The highest BCUT2D eigenvalue weighted by atomic mass is 16.1. The van der Waals surface area contributed by atoms with E-state index < -0.39 is 0 Å². The largest absolute Gasteiger partial charge is 0.303 e. The first-order valence-corrected chi connectivity index (χ1v) is 5.37. The Kier molecular flexibility index (Phi) is 5.05. The van der Waals surface area contributed by atoms with Crippen LogP contribution in [0.5, 0.6) is 0 Å². The number of carbonyl (C=O) groups excluding carboxylic acids is 1. The SMILES string of the molecule is O=CCCC1CCCCCCC1. The molecule has 70 valence electrons. The van der Waals surface area contributed by atoms with Crippen LogP contribution in [0.15, 0.2) is 0 Å². The second kappa shape index (κ2) is 6.22. The molecule has 0 aliphatic heterocycles. The number of aldehydes is 1. The highest BCUT2D eigenvalue weighted by Crippen LogP contribution is 2.25. The number of carbonyl (C=O) groups is 1. The molecular formula is C11H20O. The van der Waals surface area contributed by atoms with E-state index in [1.807, 2.05) is 0 Å². The minimum Gasteiger partial charge on any atom is -0.303 e. The minimum atomic E-state index is 0.782. The Balaban J connectivity index is 2.15. The molecule has 12 heavy (non-hydrogen) atoms. The van der Waals surface area contributed by atoms with E-state index in [1.165, 1.54) is 44.9 Å². The summed E-state index contributed by atoms with van der Waals surface area (Å²) in [5.74, 6) is 0.857. The third kappa shape index (κ3) is 3.89. The molecular weight excluding hydrogens is 148 g/mol. The van der Waals surface area contributed by atoms with Crippen molar-refractivity contribution in [3.05, 3.63) is 0 Å². The Morgan fingerprint density at radius 1 is 1.00 bits per heavy atom. The van der Waals surface area contributed by atoms with Crippen molar-refractivity contribution in [2.24, 2.45) is 5.92 Å². The first kappa shape index (κ1) is 9.76. The highest BCUT2D eigenvalue weighted by molar-refractivity contribution is 5.49. The topological polar surface area (TPSA) is 17.1 Å². The molecule has 1 heteroatoms. The lowest BCUT2D eigenvalue weighted by Crippen LogP contribution is -2.03. The van der Waals surface area contributed by atoms with E-state index in [-0.39, 0.29) is 0 Å². The van der Waals surface area contributed by atoms with Gasteiger partial charge in [-0.2, -0.15) is 0 Å². The molecule has 0 spiro atoms. The molecule has 1 fully saturated rings. The summed E-state index contributed by atoms with van der Waals surface area (Å²) in [6, 6.07) is 0. The van der Waals surface area contributed by atoms with Crippen molar-refractivity contribution < 1.29 is 4.79 Å². The van der Waals surface area contributed by atoms with Gasteiger partial charge in [0.15, 0.2) is 0 Å². The van der Waals surface area contributed by atoms with Gasteiger partial charge in [-0.15, -0.1) is 0 Å². The molecule has 0 radical (unpaired) electrons. The van der Waals surface area contributed by atoms with Gasteiger partial charge in [0.1, 0.15) is 6.29 Å². The van der Waals surface area contributed by atoms with Gasteiger partial charge in [-0.3, -0.25) is 0 Å². The van der Waals surface area contributed by atoms with Crippen molar-refractivity contribution in [3.63, 3.8) is 0 Å². The van der Waals surface area contributed by atoms with Crippen molar-refractivity contribution in [3.8, 4) is 0 Å². The molecule has 0 atom stereocenters. The lowest BCUT2D eigenvalue weighted by molar-refractivity contribution is -0.108. The average Bonchev–Trinajstić information content (AvgIpc) is 2.02. The maximum absolute atomic E-state index is 10.2. The summed E-state index contributed by atoms with van der Waals surface area (Å²) in [5, 5.41) is 0. The highest BCUT2D eigenvalue weighted by Gasteiger charge is 2.10. The van der Waals surface area contributed by atoms with E-state index in [0.29, 0.717) is 0 Å². The summed E-state index contributed by atoms with van der Waals surface area (Å²) in [6.45, 7) is 0. The smallest absolute Gasteiger partial charge is 0.120 e. The quantitative estimate of drug-likeness (QED) is 0.591. The van der Waals surface area contributed by atoms with Crippen LogP contribution in [0.2, 0.25) is 0 Å². The molecule has 0 aromatic carbocycles. The van der Waals surface area contributed by atoms with Crippen LogP contribution in [-0.2, 0) is 4.79 Å². The fourth-order valence-corrected chi connectivity index (χ4v) is 2.13.